The molecule has 0 saturated carbocycles. The molecule has 0 spiro atoms. The molecular formula is C34H36BrN3O4S. The molecule has 0 aliphatic heterocycles. The smallest absolute Gasteiger partial charge is 0.264 e. The molecule has 4 aromatic rings. The second-order valence-corrected chi connectivity index (χ2v) is 13.4. The quantitative estimate of drug-likeness (QED) is 0.189. The van der Waals surface area contributed by atoms with E-state index < -0.39 is 28.5 Å². The van der Waals surface area contributed by atoms with Crippen molar-refractivity contribution in [2.45, 2.75) is 37.8 Å². The van der Waals surface area contributed by atoms with Crippen LogP contribution in [0.4, 0.5) is 5.69 Å². The highest BCUT2D eigenvalue weighted by Crippen LogP contribution is 2.26. The van der Waals surface area contributed by atoms with Gasteiger partial charge in [-0.3, -0.25) is 13.9 Å². The molecule has 0 bridgehead atoms. The van der Waals surface area contributed by atoms with Crippen LogP contribution in [0.15, 0.2) is 125 Å². The minimum atomic E-state index is -4.12. The molecule has 4 aromatic carbocycles. The fourth-order valence-electron chi connectivity index (χ4n) is 4.61. The van der Waals surface area contributed by atoms with E-state index in [0.29, 0.717) is 12.2 Å². The van der Waals surface area contributed by atoms with Crippen molar-refractivity contribution in [3.05, 3.63) is 131 Å². The topological polar surface area (TPSA) is 86.8 Å². The van der Waals surface area contributed by atoms with E-state index in [1.54, 1.807) is 42.5 Å². The van der Waals surface area contributed by atoms with Gasteiger partial charge >= 0.3 is 0 Å². The van der Waals surface area contributed by atoms with Gasteiger partial charge in [0.05, 0.1) is 10.6 Å². The maximum atomic E-state index is 14.4. The van der Waals surface area contributed by atoms with Crippen molar-refractivity contribution in [2.75, 3.05) is 17.4 Å². The van der Waals surface area contributed by atoms with Crippen molar-refractivity contribution in [1.82, 2.24) is 10.2 Å². The number of carbonyl (C=O) groups is 2. The molecule has 0 radical (unpaired) electrons. The highest BCUT2D eigenvalue weighted by atomic mass is 79.9. The van der Waals surface area contributed by atoms with E-state index in [4.69, 9.17) is 0 Å². The van der Waals surface area contributed by atoms with E-state index in [-0.39, 0.29) is 29.7 Å². The van der Waals surface area contributed by atoms with Crippen molar-refractivity contribution in [1.29, 1.82) is 0 Å². The maximum absolute atomic E-state index is 14.4. The number of nitrogens with one attached hydrogen (secondary N) is 1. The minimum Gasteiger partial charge on any atom is -0.354 e. The van der Waals surface area contributed by atoms with Gasteiger partial charge in [-0.15, -0.1) is 0 Å². The first-order valence-corrected chi connectivity index (χ1v) is 16.4. The number of benzene rings is 4. The monoisotopic (exact) mass is 661 g/mol. The number of sulfonamides is 1. The third-order valence-corrected chi connectivity index (χ3v) is 9.19. The average Bonchev–Trinajstić information content (AvgIpc) is 3.02. The lowest BCUT2D eigenvalue weighted by atomic mass is 10.0. The zero-order valence-corrected chi connectivity index (χ0v) is 26.7. The molecule has 0 fully saturated rings. The van der Waals surface area contributed by atoms with Crippen molar-refractivity contribution in [2.24, 2.45) is 5.92 Å². The summed E-state index contributed by atoms with van der Waals surface area (Å²) in [6.07, 6.45) is 0.271. The van der Waals surface area contributed by atoms with Crippen molar-refractivity contribution in [3.63, 3.8) is 0 Å². The van der Waals surface area contributed by atoms with Crippen LogP contribution in [-0.4, -0.2) is 44.3 Å². The summed E-state index contributed by atoms with van der Waals surface area (Å²) in [6, 6.07) is 32.8. The molecule has 224 valence electrons. The Morgan fingerprint density at radius 3 is 1.86 bits per heavy atom. The fourth-order valence-corrected chi connectivity index (χ4v) is 6.31. The van der Waals surface area contributed by atoms with Gasteiger partial charge in [0, 0.05) is 24.0 Å². The Morgan fingerprint density at radius 2 is 1.30 bits per heavy atom. The maximum Gasteiger partial charge on any atom is 0.264 e. The summed E-state index contributed by atoms with van der Waals surface area (Å²) >= 11 is 3.40. The SMILES string of the molecule is CC(C)CNC(=O)[C@H](Cc1ccccc1)N(Cc1ccccc1)C(=O)CN(c1ccc(Br)cc1)S(=O)(=O)c1ccccc1. The fraction of sp³-hybridized carbons (Fsp3) is 0.235. The lowest BCUT2D eigenvalue weighted by Gasteiger charge is -2.34. The van der Waals surface area contributed by atoms with Crippen LogP contribution in [0, 0.1) is 5.92 Å². The number of carbonyl (C=O) groups excluding carboxylic acids is 2. The molecule has 9 heteroatoms. The Morgan fingerprint density at radius 1 is 0.767 bits per heavy atom. The van der Waals surface area contributed by atoms with E-state index >= 15 is 0 Å². The molecule has 0 aliphatic rings. The van der Waals surface area contributed by atoms with Crippen molar-refractivity contribution >= 4 is 43.5 Å². The average molecular weight is 663 g/mol. The normalized spacial score (nSPS) is 12.0. The van der Waals surface area contributed by atoms with E-state index in [1.165, 1.54) is 17.0 Å². The van der Waals surface area contributed by atoms with Gasteiger partial charge in [0.15, 0.2) is 0 Å². The molecule has 0 saturated heterocycles. The molecule has 0 aliphatic carbocycles. The molecule has 43 heavy (non-hydrogen) atoms. The summed E-state index contributed by atoms with van der Waals surface area (Å²) in [5, 5.41) is 3.00. The third-order valence-electron chi connectivity index (χ3n) is 6.88. The number of nitrogens with zero attached hydrogens (tertiary/aromatic N) is 2. The van der Waals surface area contributed by atoms with Crippen LogP contribution in [0.1, 0.15) is 25.0 Å². The number of hydrogen-bond donors (Lipinski definition) is 1. The van der Waals surface area contributed by atoms with Crippen molar-refractivity contribution < 1.29 is 18.0 Å². The van der Waals surface area contributed by atoms with Crippen LogP contribution >= 0.6 is 15.9 Å². The summed E-state index contributed by atoms with van der Waals surface area (Å²) in [5.41, 5.74) is 2.05. The molecule has 0 heterocycles. The van der Waals surface area contributed by atoms with Gasteiger partial charge < -0.3 is 10.2 Å². The molecule has 7 nitrogen and oxygen atoms in total. The molecule has 1 atom stereocenters. The number of hydrogen-bond acceptors (Lipinski definition) is 4. The standard InChI is InChI=1S/C34H36BrN3O4S/c1-26(2)23-36-34(40)32(22-27-12-6-3-7-13-27)37(24-28-14-8-4-9-15-28)33(39)25-38(30-20-18-29(35)19-21-30)43(41,42)31-16-10-5-11-17-31/h3-21,26,32H,22-25H2,1-2H3,(H,36,40)/t32-/m0/s1. The lowest BCUT2D eigenvalue weighted by molar-refractivity contribution is -0.140. The van der Waals surface area contributed by atoms with Crippen LogP contribution in [-0.2, 0) is 32.6 Å². The Hall–Kier alpha value is -3.95. The molecule has 4 rings (SSSR count). The number of amides is 2. The summed E-state index contributed by atoms with van der Waals surface area (Å²) in [4.78, 5) is 29.7. The van der Waals surface area contributed by atoms with Gasteiger partial charge in [0.1, 0.15) is 12.6 Å². The van der Waals surface area contributed by atoms with Gasteiger partial charge in [-0.05, 0) is 53.4 Å². The largest absolute Gasteiger partial charge is 0.354 e. The predicted octanol–water partition coefficient (Wildman–Crippen LogP) is 6.06. The van der Waals surface area contributed by atoms with Crippen LogP contribution in [0.3, 0.4) is 0 Å². The van der Waals surface area contributed by atoms with Crippen LogP contribution in [0.25, 0.3) is 0 Å². The summed E-state index contributed by atoms with van der Waals surface area (Å²) < 4.78 is 29.8. The number of rotatable bonds is 13. The third kappa shape index (κ3) is 8.78. The van der Waals surface area contributed by atoms with Crippen LogP contribution in [0.2, 0.25) is 0 Å². The summed E-state index contributed by atoms with van der Waals surface area (Å²) in [5.74, 6) is -0.571. The second kappa shape index (κ2) is 15.0. The number of halogens is 1. The molecule has 0 aromatic heterocycles. The highest BCUT2D eigenvalue weighted by molar-refractivity contribution is 9.10. The zero-order valence-electron chi connectivity index (χ0n) is 24.3. The van der Waals surface area contributed by atoms with E-state index in [1.807, 2.05) is 74.5 Å². The molecule has 2 amide bonds. The van der Waals surface area contributed by atoms with Gasteiger partial charge in [-0.1, -0.05) is 109 Å². The minimum absolute atomic E-state index is 0.0656. The lowest BCUT2D eigenvalue weighted by Crippen LogP contribution is -2.53. The highest BCUT2D eigenvalue weighted by Gasteiger charge is 2.34. The Labute approximate surface area is 262 Å². The first kappa shape index (κ1) is 32.0. The van der Waals surface area contributed by atoms with Crippen molar-refractivity contribution in [3.8, 4) is 0 Å². The first-order chi connectivity index (χ1) is 20.6. The molecule has 0 unspecified atom stereocenters. The van der Waals surface area contributed by atoms with Crippen LogP contribution < -0.4 is 9.62 Å². The van der Waals surface area contributed by atoms with Gasteiger partial charge in [0.2, 0.25) is 11.8 Å². The molecule has 1 N–H and O–H groups in total. The van der Waals surface area contributed by atoms with Gasteiger partial charge in [0.25, 0.3) is 10.0 Å². The Bertz CT molecular complexity index is 1580. The van der Waals surface area contributed by atoms with E-state index in [9.17, 15) is 18.0 Å². The number of anilines is 1. The predicted molar refractivity (Wildman–Crippen MR) is 174 cm³/mol. The van der Waals surface area contributed by atoms with E-state index in [2.05, 4.69) is 21.2 Å². The first-order valence-electron chi connectivity index (χ1n) is 14.1. The zero-order chi connectivity index (χ0) is 30.8. The Kier molecular flexibility index (Phi) is 11.1. The van der Waals surface area contributed by atoms with Crippen LogP contribution in [0.5, 0.6) is 0 Å². The summed E-state index contributed by atoms with van der Waals surface area (Å²) in [7, 11) is -4.12. The summed E-state index contributed by atoms with van der Waals surface area (Å²) in [6.45, 7) is 4.10. The Balaban J connectivity index is 1.77. The second-order valence-electron chi connectivity index (χ2n) is 10.7. The molecular weight excluding hydrogens is 626 g/mol. The van der Waals surface area contributed by atoms with Gasteiger partial charge in [-0.2, -0.15) is 0 Å². The van der Waals surface area contributed by atoms with Gasteiger partial charge in [-0.25, -0.2) is 8.42 Å². The van der Waals surface area contributed by atoms with E-state index in [0.717, 1.165) is 19.9 Å².